The third kappa shape index (κ3) is 7.10. The Kier molecular flexibility index (Phi) is 9.39. The van der Waals surface area contributed by atoms with Crippen molar-refractivity contribution >= 4 is 39.7 Å². The molecule has 0 amide bonds. The number of anilines is 2. The summed E-state index contributed by atoms with van der Waals surface area (Å²) in [6.07, 6.45) is 2.26. The zero-order valence-electron chi connectivity index (χ0n) is 25.7. The smallest absolute Gasteiger partial charge is 0.328 e. The van der Waals surface area contributed by atoms with Crippen LogP contribution in [0.2, 0.25) is 0 Å². The predicted octanol–water partition coefficient (Wildman–Crippen LogP) is 7.35. The van der Waals surface area contributed by atoms with Gasteiger partial charge in [-0.25, -0.2) is 4.79 Å². The summed E-state index contributed by atoms with van der Waals surface area (Å²) in [6, 6.07) is 35.1. The summed E-state index contributed by atoms with van der Waals surface area (Å²) in [6.45, 7) is 0.933. The fourth-order valence-corrected chi connectivity index (χ4v) is 5.62. The number of Topliss-reactive ketones (excluding diaryl/α,β-unsaturated/α-hetero) is 1. The molecule has 7 heteroatoms. The van der Waals surface area contributed by atoms with E-state index in [2.05, 4.69) is 10.6 Å². The minimum Gasteiger partial charge on any atom is -0.492 e. The van der Waals surface area contributed by atoms with Crippen LogP contribution < -0.4 is 15.4 Å². The highest BCUT2D eigenvalue weighted by Crippen LogP contribution is 2.37. The second-order valence-electron chi connectivity index (χ2n) is 11.4. The van der Waals surface area contributed by atoms with Gasteiger partial charge in [-0.15, -0.1) is 0 Å². The summed E-state index contributed by atoms with van der Waals surface area (Å²) in [5, 5.41) is 8.69. The van der Waals surface area contributed by atoms with Crippen LogP contribution in [0.1, 0.15) is 44.7 Å². The van der Waals surface area contributed by atoms with Crippen LogP contribution in [-0.4, -0.2) is 43.8 Å². The first-order valence-corrected chi connectivity index (χ1v) is 15.6. The highest BCUT2D eigenvalue weighted by atomic mass is 16.5. The van der Waals surface area contributed by atoms with E-state index in [9.17, 15) is 14.4 Å². The summed E-state index contributed by atoms with van der Waals surface area (Å²) < 4.78 is 11.1. The Morgan fingerprint density at radius 3 is 2.26 bits per heavy atom. The normalized spacial score (nSPS) is 13.1. The van der Waals surface area contributed by atoms with Crippen molar-refractivity contribution in [3.63, 3.8) is 0 Å². The van der Waals surface area contributed by atoms with Crippen molar-refractivity contribution in [1.29, 1.82) is 0 Å². The van der Waals surface area contributed by atoms with Gasteiger partial charge in [0.1, 0.15) is 18.4 Å². The van der Waals surface area contributed by atoms with Gasteiger partial charge < -0.3 is 20.1 Å². The maximum absolute atomic E-state index is 13.2. The molecule has 0 heterocycles. The van der Waals surface area contributed by atoms with Crippen LogP contribution in [-0.2, 0) is 16.0 Å². The average Bonchev–Trinajstić information content (AvgIpc) is 3.96. The Morgan fingerprint density at radius 1 is 0.783 bits per heavy atom. The molecule has 5 aromatic rings. The molecule has 1 unspecified atom stereocenters. The number of hydrogen-bond acceptors (Lipinski definition) is 7. The van der Waals surface area contributed by atoms with E-state index in [1.54, 1.807) is 30.3 Å². The van der Waals surface area contributed by atoms with E-state index in [1.165, 1.54) is 7.11 Å². The number of rotatable bonds is 14. The molecule has 7 nitrogen and oxygen atoms in total. The van der Waals surface area contributed by atoms with Gasteiger partial charge >= 0.3 is 5.97 Å². The molecule has 0 bridgehead atoms. The quantitative estimate of drug-likeness (QED) is 0.0769. The van der Waals surface area contributed by atoms with Gasteiger partial charge in [0.05, 0.1) is 7.11 Å². The summed E-state index contributed by atoms with van der Waals surface area (Å²) in [7, 11) is 1.35. The molecule has 0 spiro atoms. The Balaban J connectivity index is 1.08. The minimum atomic E-state index is -0.708. The number of benzene rings is 5. The largest absolute Gasteiger partial charge is 0.492 e. The minimum absolute atomic E-state index is 0.127. The molecule has 0 saturated heterocycles. The fourth-order valence-electron chi connectivity index (χ4n) is 5.62. The van der Waals surface area contributed by atoms with Crippen molar-refractivity contribution in [2.75, 3.05) is 30.9 Å². The van der Waals surface area contributed by atoms with Crippen molar-refractivity contribution in [2.24, 2.45) is 5.92 Å². The van der Waals surface area contributed by atoms with Crippen molar-refractivity contribution in [3.8, 4) is 5.75 Å². The first kappa shape index (κ1) is 30.6. The molecule has 1 aliphatic carbocycles. The Hall–Kier alpha value is -5.43. The molecule has 0 radical (unpaired) electrons. The molecule has 6 rings (SSSR count). The molecule has 1 fully saturated rings. The van der Waals surface area contributed by atoms with Crippen LogP contribution in [0.25, 0.3) is 10.8 Å². The number of nitrogens with one attached hydrogen (secondary N) is 2. The number of para-hydroxylation sites is 1. The van der Waals surface area contributed by atoms with Crippen LogP contribution >= 0.6 is 0 Å². The van der Waals surface area contributed by atoms with E-state index in [0.717, 1.165) is 40.4 Å². The first-order chi connectivity index (χ1) is 22.5. The Morgan fingerprint density at radius 2 is 1.50 bits per heavy atom. The lowest BCUT2D eigenvalue weighted by molar-refractivity contribution is -0.141. The summed E-state index contributed by atoms with van der Waals surface area (Å²) in [5.41, 5.74) is 4.12. The third-order valence-electron chi connectivity index (χ3n) is 8.20. The average molecular weight is 613 g/mol. The number of fused-ring (bicyclic) bond motifs is 1. The molecular formula is C39H36N2O5. The summed E-state index contributed by atoms with van der Waals surface area (Å²) in [4.78, 5) is 39.2. The lowest BCUT2D eigenvalue weighted by Crippen LogP contribution is -2.33. The van der Waals surface area contributed by atoms with E-state index in [0.29, 0.717) is 42.1 Å². The van der Waals surface area contributed by atoms with Gasteiger partial charge in [0, 0.05) is 46.9 Å². The van der Waals surface area contributed by atoms with E-state index in [1.807, 2.05) is 84.9 Å². The number of ketones is 2. The lowest BCUT2D eigenvalue weighted by Gasteiger charge is -2.20. The molecule has 1 saturated carbocycles. The van der Waals surface area contributed by atoms with Gasteiger partial charge in [0.2, 0.25) is 0 Å². The van der Waals surface area contributed by atoms with Gasteiger partial charge in [0.15, 0.2) is 11.6 Å². The number of carbonyl (C=O) groups excluding carboxylic acids is 3. The number of methoxy groups -OCH3 is 1. The second kappa shape index (κ2) is 14.1. The number of hydrogen-bond donors (Lipinski definition) is 2. The molecule has 1 aliphatic rings. The van der Waals surface area contributed by atoms with Gasteiger partial charge in [0.25, 0.3) is 0 Å². The van der Waals surface area contributed by atoms with E-state index in [4.69, 9.17) is 9.47 Å². The van der Waals surface area contributed by atoms with Gasteiger partial charge in [-0.2, -0.15) is 0 Å². The monoisotopic (exact) mass is 612 g/mol. The van der Waals surface area contributed by atoms with E-state index >= 15 is 0 Å². The van der Waals surface area contributed by atoms with Crippen molar-refractivity contribution in [3.05, 3.63) is 138 Å². The predicted molar refractivity (Wildman–Crippen MR) is 181 cm³/mol. The van der Waals surface area contributed by atoms with Crippen LogP contribution in [0, 0.1) is 5.92 Å². The zero-order chi connectivity index (χ0) is 31.9. The molecule has 232 valence electrons. The van der Waals surface area contributed by atoms with Crippen molar-refractivity contribution in [1.82, 2.24) is 0 Å². The van der Waals surface area contributed by atoms with Crippen LogP contribution in [0.5, 0.6) is 5.75 Å². The van der Waals surface area contributed by atoms with Crippen molar-refractivity contribution < 1.29 is 23.9 Å². The van der Waals surface area contributed by atoms with Crippen LogP contribution in [0.15, 0.2) is 115 Å². The second-order valence-corrected chi connectivity index (χ2v) is 11.4. The molecule has 0 aromatic heterocycles. The van der Waals surface area contributed by atoms with E-state index in [-0.39, 0.29) is 17.5 Å². The molecule has 46 heavy (non-hydrogen) atoms. The molecular weight excluding hydrogens is 576 g/mol. The zero-order valence-corrected chi connectivity index (χ0v) is 25.7. The van der Waals surface area contributed by atoms with Crippen LogP contribution in [0.3, 0.4) is 0 Å². The number of esters is 1. The Bertz CT molecular complexity index is 1850. The third-order valence-corrected chi connectivity index (χ3v) is 8.20. The maximum atomic E-state index is 13.2. The Labute approximate surface area is 268 Å². The standard InChI is InChI=1S/C39H36N2O5/c1-45-39(44)35(41-33-14-8-7-13-32(33)37(42)28-10-3-2-4-11-28)25-26-15-20-30(21-16-26)46-24-23-40-34-22-19-27-9-5-6-12-31(27)36(34)38(43)29-17-18-29/h2-16,19-22,29,35,40-41H,17-18,23-25H2,1H3. The topological polar surface area (TPSA) is 93.7 Å². The lowest BCUT2D eigenvalue weighted by atomic mass is 9.97. The van der Waals surface area contributed by atoms with E-state index < -0.39 is 12.0 Å². The summed E-state index contributed by atoms with van der Waals surface area (Å²) >= 11 is 0. The SMILES string of the molecule is COC(=O)C(Cc1ccc(OCCNc2ccc3ccccc3c2C(=O)C2CC2)cc1)Nc1ccccc1C(=O)c1ccccc1. The summed E-state index contributed by atoms with van der Waals surface area (Å²) in [5.74, 6) is 0.472. The van der Waals surface area contributed by atoms with Gasteiger partial charge in [-0.3, -0.25) is 9.59 Å². The van der Waals surface area contributed by atoms with Crippen LogP contribution in [0.4, 0.5) is 11.4 Å². The highest BCUT2D eigenvalue weighted by molar-refractivity contribution is 6.14. The molecule has 1 atom stereocenters. The molecule has 5 aromatic carbocycles. The number of ether oxygens (including phenoxy) is 2. The molecule has 0 aliphatic heterocycles. The first-order valence-electron chi connectivity index (χ1n) is 15.6. The van der Waals surface area contributed by atoms with Gasteiger partial charge in [-0.1, -0.05) is 84.9 Å². The molecule has 2 N–H and O–H groups in total. The van der Waals surface area contributed by atoms with Crippen molar-refractivity contribution in [2.45, 2.75) is 25.3 Å². The highest BCUT2D eigenvalue weighted by Gasteiger charge is 2.32. The number of carbonyl (C=O) groups is 3. The van der Waals surface area contributed by atoms with Gasteiger partial charge in [-0.05, 0) is 59.5 Å². The maximum Gasteiger partial charge on any atom is 0.328 e. The fraction of sp³-hybridized carbons (Fsp3) is 0.205.